The van der Waals surface area contributed by atoms with Crippen LogP contribution in [-0.4, -0.2) is 44.0 Å². The Bertz CT molecular complexity index is 836. The third kappa shape index (κ3) is 7.92. The third-order valence-electron chi connectivity index (χ3n) is 3.68. The van der Waals surface area contributed by atoms with Crippen LogP contribution in [0, 0.1) is 0 Å². The van der Waals surface area contributed by atoms with Gasteiger partial charge in [-0.15, -0.1) is 0 Å². The monoisotopic (exact) mass is 399 g/mol. The first-order chi connectivity index (χ1) is 14.0. The molecule has 8 heteroatoms. The van der Waals surface area contributed by atoms with E-state index in [9.17, 15) is 14.4 Å². The maximum atomic E-state index is 12.1. The van der Waals surface area contributed by atoms with Gasteiger partial charge in [0.15, 0.2) is 6.61 Å². The fourth-order valence-electron chi connectivity index (χ4n) is 2.42. The molecule has 2 aromatic rings. The summed E-state index contributed by atoms with van der Waals surface area (Å²) in [6.07, 6.45) is 0. The number of nitrogens with one attached hydrogen (secondary N) is 3. The number of benzene rings is 2. The zero-order valence-corrected chi connectivity index (χ0v) is 16.5. The van der Waals surface area contributed by atoms with E-state index in [1.165, 1.54) is 6.92 Å². The Balaban J connectivity index is 1.67. The molecule has 0 fully saturated rings. The van der Waals surface area contributed by atoms with Crippen molar-refractivity contribution in [2.75, 3.05) is 31.6 Å². The molecule has 0 atom stereocenters. The van der Waals surface area contributed by atoms with Gasteiger partial charge in [-0.2, -0.15) is 0 Å². The van der Waals surface area contributed by atoms with E-state index in [1.807, 2.05) is 6.92 Å². The molecule has 2 rings (SSSR count). The van der Waals surface area contributed by atoms with Crippen LogP contribution >= 0.6 is 0 Å². The van der Waals surface area contributed by atoms with Crippen molar-refractivity contribution in [3.8, 4) is 11.5 Å². The van der Waals surface area contributed by atoms with Crippen molar-refractivity contribution >= 4 is 23.4 Å². The van der Waals surface area contributed by atoms with Crippen LogP contribution < -0.4 is 25.4 Å². The first-order valence-electron chi connectivity index (χ1n) is 9.26. The molecule has 8 nitrogen and oxygen atoms in total. The van der Waals surface area contributed by atoms with E-state index in [1.54, 1.807) is 48.5 Å². The summed E-state index contributed by atoms with van der Waals surface area (Å²) >= 11 is 0. The molecule has 0 radical (unpaired) electrons. The second kappa shape index (κ2) is 11.3. The number of hydrogen-bond acceptors (Lipinski definition) is 5. The summed E-state index contributed by atoms with van der Waals surface area (Å²) in [5, 5.41) is 8.00. The largest absolute Gasteiger partial charge is 0.494 e. The molecule has 0 aliphatic heterocycles. The van der Waals surface area contributed by atoms with Crippen molar-refractivity contribution < 1.29 is 23.9 Å². The fourth-order valence-corrected chi connectivity index (χ4v) is 2.42. The van der Waals surface area contributed by atoms with E-state index in [2.05, 4.69) is 16.0 Å². The minimum absolute atomic E-state index is 0.124. The number of carbonyl (C=O) groups excluding carboxylic acids is 3. The van der Waals surface area contributed by atoms with Crippen LogP contribution in [-0.2, 0) is 9.59 Å². The highest BCUT2D eigenvalue weighted by molar-refractivity contribution is 5.96. The van der Waals surface area contributed by atoms with Crippen molar-refractivity contribution in [3.63, 3.8) is 0 Å². The smallest absolute Gasteiger partial charge is 0.258 e. The van der Waals surface area contributed by atoms with E-state index in [4.69, 9.17) is 9.47 Å². The van der Waals surface area contributed by atoms with Gasteiger partial charge in [-0.25, -0.2) is 0 Å². The molecular formula is C21H25N3O5. The first kappa shape index (κ1) is 21.7. The summed E-state index contributed by atoms with van der Waals surface area (Å²) in [4.78, 5) is 35.1. The van der Waals surface area contributed by atoms with Crippen LogP contribution in [0.3, 0.4) is 0 Å². The van der Waals surface area contributed by atoms with Gasteiger partial charge < -0.3 is 25.4 Å². The van der Waals surface area contributed by atoms with E-state index in [-0.39, 0.29) is 37.4 Å². The van der Waals surface area contributed by atoms with Crippen molar-refractivity contribution in [1.82, 2.24) is 10.6 Å². The van der Waals surface area contributed by atoms with Crippen LogP contribution in [0.15, 0.2) is 48.5 Å². The average molecular weight is 399 g/mol. The molecular weight excluding hydrogens is 374 g/mol. The first-order valence-corrected chi connectivity index (χ1v) is 9.26. The van der Waals surface area contributed by atoms with Crippen LogP contribution in [0.4, 0.5) is 5.69 Å². The topological polar surface area (TPSA) is 106 Å². The highest BCUT2D eigenvalue weighted by Gasteiger charge is 2.07. The van der Waals surface area contributed by atoms with E-state index in [0.717, 1.165) is 5.75 Å². The lowest BCUT2D eigenvalue weighted by molar-refractivity contribution is -0.123. The normalized spacial score (nSPS) is 10.0. The molecule has 0 heterocycles. The van der Waals surface area contributed by atoms with E-state index >= 15 is 0 Å². The summed E-state index contributed by atoms with van der Waals surface area (Å²) in [5.41, 5.74) is 0.964. The second-order valence-corrected chi connectivity index (χ2v) is 6.06. The van der Waals surface area contributed by atoms with E-state index in [0.29, 0.717) is 23.6 Å². The van der Waals surface area contributed by atoms with Crippen LogP contribution in [0.1, 0.15) is 24.2 Å². The molecule has 0 saturated carbocycles. The van der Waals surface area contributed by atoms with Crippen molar-refractivity contribution in [2.45, 2.75) is 13.8 Å². The Hall–Kier alpha value is -3.55. The van der Waals surface area contributed by atoms with Crippen molar-refractivity contribution in [3.05, 3.63) is 54.1 Å². The minimum Gasteiger partial charge on any atom is -0.494 e. The standard InChI is InChI=1S/C21H25N3O5/c1-3-28-18-7-9-19(10-8-18)29-14-20(26)22-11-12-23-21(27)16-5-4-6-17(13-16)24-15(2)25/h4-10,13H,3,11-12,14H2,1-2H3,(H,22,26)(H,23,27)(H,24,25). The lowest BCUT2D eigenvalue weighted by Gasteiger charge is -2.10. The van der Waals surface area contributed by atoms with Gasteiger partial charge in [0.1, 0.15) is 11.5 Å². The summed E-state index contributed by atoms with van der Waals surface area (Å²) in [5.74, 6) is 0.509. The molecule has 0 saturated heterocycles. The van der Waals surface area contributed by atoms with Gasteiger partial charge >= 0.3 is 0 Å². The Morgan fingerprint density at radius 2 is 1.55 bits per heavy atom. The molecule has 0 bridgehead atoms. The van der Waals surface area contributed by atoms with Gasteiger partial charge in [0.25, 0.3) is 11.8 Å². The number of hydrogen-bond donors (Lipinski definition) is 3. The summed E-state index contributed by atoms with van der Waals surface area (Å²) in [7, 11) is 0. The molecule has 29 heavy (non-hydrogen) atoms. The zero-order chi connectivity index (χ0) is 21.1. The number of anilines is 1. The minimum atomic E-state index is -0.294. The van der Waals surface area contributed by atoms with Gasteiger partial charge in [0, 0.05) is 31.3 Å². The molecule has 0 aromatic heterocycles. The van der Waals surface area contributed by atoms with Crippen molar-refractivity contribution in [2.24, 2.45) is 0 Å². The van der Waals surface area contributed by atoms with Crippen LogP contribution in [0.2, 0.25) is 0 Å². The number of amides is 3. The lowest BCUT2D eigenvalue weighted by Crippen LogP contribution is -2.36. The molecule has 154 valence electrons. The number of carbonyl (C=O) groups is 3. The van der Waals surface area contributed by atoms with Crippen LogP contribution in [0.25, 0.3) is 0 Å². The van der Waals surface area contributed by atoms with Gasteiger partial charge in [0.2, 0.25) is 5.91 Å². The maximum Gasteiger partial charge on any atom is 0.258 e. The Morgan fingerprint density at radius 3 is 2.21 bits per heavy atom. The Morgan fingerprint density at radius 1 is 0.897 bits per heavy atom. The lowest BCUT2D eigenvalue weighted by atomic mass is 10.2. The Kier molecular flexibility index (Phi) is 8.50. The molecule has 0 aliphatic rings. The van der Waals surface area contributed by atoms with Crippen molar-refractivity contribution in [1.29, 1.82) is 0 Å². The van der Waals surface area contributed by atoms with Crippen LogP contribution in [0.5, 0.6) is 11.5 Å². The molecule has 0 aliphatic carbocycles. The molecule has 0 unspecified atom stereocenters. The van der Waals surface area contributed by atoms with Gasteiger partial charge in [-0.1, -0.05) is 6.07 Å². The quantitative estimate of drug-likeness (QED) is 0.530. The van der Waals surface area contributed by atoms with E-state index < -0.39 is 0 Å². The maximum absolute atomic E-state index is 12.1. The highest BCUT2D eigenvalue weighted by atomic mass is 16.5. The summed E-state index contributed by atoms with van der Waals surface area (Å²) in [6.45, 7) is 4.29. The highest BCUT2D eigenvalue weighted by Crippen LogP contribution is 2.17. The van der Waals surface area contributed by atoms with Gasteiger partial charge in [-0.3, -0.25) is 14.4 Å². The number of rotatable bonds is 10. The molecule has 2 aromatic carbocycles. The number of ether oxygens (including phenoxy) is 2. The summed E-state index contributed by atoms with van der Waals surface area (Å²) < 4.78 is 10.7. The summed E-state index contributed by atoms with van der Waals surface area (Å²) in [6, 6.07) is 13.6. The zero-order valence-electron chi connectivity index (χ0n) is 16.5. The average Bonchev–Trinajstić information content (AvgIpc) is 2.70. The third-order valence-corrected chi connectivity index (χ3v) is 3.68. The predicted octanol–water partition coefficient (Wildman–Crippen LogP) is 1.97. The van der Waals surface area contributed by atoms with Gasteiger partial charge in [-0.05, 0) is 49.4 Å². The predicted molar refractivity (Wildman–Crippen MR) is 109 cm³/mol. The molecule has 3 amide bonds. The Labute approximate surface area is 169 Å². The molecule has 0 spiro atoms. The van der Waals surface area contributed by atoms with Gasteiger partial charge in [0.05, 0.1) is 6.61 Å². The SMILES string of the molecule is CCOc1ccc(OCC(=O)NCCNC(=O)c2cccc(NC(C)=O)c2)cc1. The molecule has 3 N–H and O–H groups in total. The fraction of sp³-hybridized carbons (Fsp3) is 0.286. The second-order valence-electron chi connectivity index (χ2n) is 6.06.